The van der Waals surface area contributed by atoms with Gasteiger partial charge in [-0.15, -0.1) is 0 Å². The van der Waals surface area contributed by atoms with Crippen LogP contribution in [0.25, 0.3) is 11.2 Å². The molecule has 10 nitrogen and oxygen atoms in total. The van der Waals surface area contributed by atoms with Gasteiger partial charge in [-0.1, -0.05) is 0 Å². The molecule has 2 heterocycles. The van der Waals surface area contributed by atoms with Crippen LogP contribution in [-0.4, -0.2) is 42.3 Å². The van der Waals surface area contributed by atoms with Crippen molar-refractivity contribution in [3.63, 3.8) is 0 Å². The monoisotopic (exact) mass is 320 g/mol. The molecule has 0 radical (unpaired) electrons. The van der Waals surface area contributed by atoms with Crippen molar-refractivity contribution in [2.75, 3.05) is 24.4 Å². The van der Waals surface area contributed by atoms with E-state index in [1.54, 1.807) is 4.57 Å². The highest BCUT2D eigenvalue weighted by atomic mass is 32.1. The molecule has 0 saturated heterocycles. The minimum Gasteiger partial charge on any atom is -0.382 e. The molecule has 0 saturated carbocycles. The van der Waals surface area contributed by atoms with Crippen molar-refractivity contribution in [1.29, 1.82) is 0 Å². The number of nitrogens with one attached hydrogen (secondary N) is 1. The molecule has 7 N–H and O–H groups in total. The van der Waals surface area contributed by atoms with Gasteiger partial charge in [-0.25, -0.2) is 0 Å². The first kappa shape index (κ1) is 14.9. The average molecular weight is 320 g/mol. The van der Waals surface area contributed by atoms with Crippen LogP contribution in [-0.2, 0) is 15.8 Å². The Labute approximate surface area is 117 Å². The number of rotatable bonds is 5. The van der Waals surface area contributed by atoms with Gasteiger partial charge >= 0.3 is 7.60 Å². The summed E-state index contributed by atoms with van der Waals surface area (Å²) in [6, 6.07) is 0. The number of imidazole rings is 1. The number of nitrogens with two attached hydrogens (primary N) is 2. The highest BCUT2D eigenvalue weighted by Gasteiger charge is 2.14. The molecule has 12 heteroatoms. The first-order chi connectivity index (χ1) is 9.28. The second-order valence-corrected chi connectivity index (χ2v) is 5.92. The predicted molar refractivity (Wildman–Crippen MR) is 74.4 cm³/mol. The quantitative estimate of drug-likeness (QED) is 0.285. The summed E-state index contributed by atoms with van der Waals surface area (Å²) in [5.74, 6) is 0.183. The number of aromatic nitrogens is 4. The number of hydrogen-bond acceptors (Lipinski definition) is 7. The van der Waals surface area contributed by atoms with E-state index in [2.05, 4.69) is 15.0 Å². The summed E-state index contributed by atoms with van der Waals surface area (Å²) in [4.78, 5) is 28.0. The lowest BCUT2D eigenvalue weighted by Crippen LogP contribution is -2.09. The molecule has 110 valence electrons. The largest absolute Gasteiger partial charge is 0.382 e. The summed E-state index contributed by atoms with van der Waals surface area (Å²) in [6.45, 7) is 0.297. The SMILES string of the molecule is Nc1nc(N)c2[nH]c(=S)n(CCOCP(=O)(O)O)c2n1. The summed E-state index contributed by atoms with van der Waals surface area (Å²) >= 11 is 5.11. The first-order valence-corrected chi connectivity index (χ1v) is 7.62. The van der Waals surface area contributed by atoms with Gasteiger partial charge in [-0.05, 0) is 12.2 Å². The zero-order chi connectivity index (χ0) is 14.9. The molecule has 0 aliphatic heterocycles. The van der Waals surface area contributed by atoms with Gasteiger partial charge in [0.2, 0.25) is 5.95 Å². The van der Waals surface area contributed by atoms with Crippen molar-refractivity contribution in [2.45, 2.75) is 6.54 Å². The number of fused-ring (bicyclic) bond motifs is 1. The van der Waals surface area contributed by atoms with E-state index < -0.39 is 13.9 Å². The summed E-state index contributed by atoms with van der Waals surface area (Å²) in [7, 11) is -4.18. The highest BCUT2D eigenvalue weighted by molar-refractivity contribution is 7.71. The van der Waals surface area contributed by atoms with Gasteiger partial charge in [-0.3, -0.25) is 9.13 Å². The third kappa shape index (κ3) is 3.32. The Hall–Kier alpha value is -1.52. The molecular weight excluding hydrogens is 307 g/mol. The van der Waals surface area contributed by atoms with Crippen molar-refractivity contribution >= 4 is 42.7 Å². The van der Waals surface area contributed by atoms with Gasteiger partial charge in [0.25, 0.3) is 0 Å². The molecule has 2 rings (SSSR count). The fourth-order valence-corrected chi connectivity index (χ4v) is 2.26. The van der Waals surface area contributed by atoms with Crippen molar-refractivity contribution in [2.24, 2.45) is 0 Å². The van der Waals surface area contributed by atoms with E-state index in [1.165, 1.54) is 0 Å². The fraction of sp³-hybridized carbons (Fsp3) is 0.375. The second kappa shape index (κ2) is 5.46. The van der Waals surface area contributed by atoms with Gasteiger partial charge in [0.1, 0.15) is 11.9 Å². The third-order valence-corrected chi connectivity index (χ3v) is 3.23. The second-order valence-electron chi connectivity index (χ2n) is 3.95. The van der Waals surface area contributed by atoms with Crippen molar-refractivity contribution in [1.82, 2.24) is 19.5 Å². The molecule has 0 amide bonds. The van der Waals surface area contributed by atoms with Gasteiger partial charge in [0.05, 0.1) is 13.2 Å². The first-order valence-electron chi connectivity index (χ1n) is 5.42. The summed E-state index contributed by atoms with van der Waals surface area (Å²) < 4.78 is 17.4. The van der Waals surface area contributed by atoms with E-state index in [9.17, 15) is 4.57 Å². The number of anilines is 2. The maximum absolute atomic E-state index is 10.6. The van der Waals surface area contributed by atoms with E-state index in [0.29, 0.717) is 15.9 Å². The Kier molecular flexibility index (Phi) is 4.06. The minimum absolute atomic E-state index is 0.00823. The standard InChI is InChI=1S/C8H13N6O4PS/c9-5-4-6(13-7(10)12-5)14(8(20)11-4)1-2-18-3-19(15,16)17/h1-3H2,(H,11,20)(H2,15,16,17)(H4,9,10,12,13). The Bertz CT molecular complexity index is 736. The minimum atomic E-state index is -4.18. The Morgan fingerprint density at radius 3 is 2.75 bits per heavy atom. The smallest absolute Gasteiger partial charge is 0.350 e. The van der Waals surface area contributed by atoms with E-state index in [1.807, 2.05) is 0 Å². The number of ether oxygens (including phenoxy) is 1. The van der Waals surface area contributed by atoms with Crippen molar-refractivity contribution < 1.29 is 19.1 Å². The van der Waals surface area contributed by atoms with Gasteiger partial charge in [0.15, 0.2) is 16.2 Å². The van der Waals surface area contributed by atoms with E-state index in [0.717, 1.165) is 0 Å². The molecule has 0 unspecified atom stereocenters. The molecule has 0 bridgehead atoms. The van der Waals surface area contributed by atoms with Gasteiger partial charge in [-0.2, -0.15) is 9.97 Å². The van der Waals surface area contributed by atoms with Gasteiger partial charge in [0, 0.05) is 0 Å². The van der Waals surface area contributed by atoms with E-state index >= 15 is 0 Å². The maximum atomic E-state index is 10.6. The zero-order valence-corrected chi connectivity index (χ0v) is 11.9. The highest BCUT2D eigenvalue weighted by Crippen LogP contribution is 2.33. The fourth-order valence-electron chi connectivity index (χ4n) is 1.62. The molecule has 0 aromatic carbocycles. The van der Waals surface area contributed by atoms with Crippen LogP contribution < -0.4 is 11.5 Å². The predicted octanol–water partition coefficient (Wildman–Crippen LogP) is -0.195. The number of hydrogen-bond donors (Lipinski definition) is 5. The lowest BCUT2D eigenvalue weighted by molar-refractivity contribution is 0.149. The van der Waals surface area contributed by atoms with Gasteiger partial charge < -0.3 is 31.0 Å². The molecule has 0 aliphatic carbocycles. The molecule has 2 aromatic heterocycles. The van der Waals surface area contributed by atoms with Crippen LogP contribution in [0.4, 0.5) is 11.8 Å². The van der Waals surface area contributed by atoms with Crippen molar-refractivity contribution in [3.05, 3.63) is 4.77 Å². The van der Waals surface area contributed by atoms with E-state index in [-0.39, 0.29) is 24.9 Å². The number of H-pyrrole nitrogens is 1. The molecular formula is C8H13N6O4PS. The molecule has 0 spiro atoms. The maximum Gasteiger partial charge on any atom is 0.350 e. The third-order valence-electron chi connectivity index (χ3n) is 2.39. The molecule has 0 fully saturated rings. The topological polar surface area (TPSA) is 165 Å². The number of nitrogen functional groups attached to an aromatic ring is 2. The van der Waals surface area contributed by atoms with Crippen LogP contribution >= 0.6 is 19.8 Å². The summed E-state index contributed by atoms with van der Waals surface area (Å²) in [5, 5.41) is 0. The van der Waals surface area contributed by atoms with Crippen LogP contribution in [0, 0.1) is 4.77 Å². The van der Waals surface area contributed by atoms with Crippen molar-refractivity contribution in [3.8, 4) is 0 Å². The Balaban J connectivity index is 2.20. The lowest BCUT2D eigenvalue weighted by atomic mass is 10.5. The van der Waals surface area contributed by atoms with Crippen LogP contribution in [0.2, 0.25) is 0 Å². The summed E-state index contributed by atoms with van der Waals surface area (Å²) in [5.41, 5.74) is 12.1. The van der Waals surface area contributed by atoms with Crippen LogP contribution in [0.1, 0.15) is 0 Å². The molecule has 2 aromatic rings. The zero-order valence-electron chi connectivity index (χ0n) is 10.2. The van der Waals surface area contributed by atoms with Crippen LogP contribution in [0.15, 0.2) is 0 Å². The van der Waals surface area contributed by atoms with Crippen LogP contribution in [0.5, 0.6) is 0 Å². The number of nitrogens with zero attached hydrogens (tertiary/aromatic N) is 3. The Morgan fingerprint density at radius 1 is 1.40 bits per heavy atom. The molecule has 0 atom stereocenters. The molecule has 20 heavy (non-hydrogen) atoms. The van der Waals surface area contributed by atoms with Crippen LogP contribution in [0.3, 0.4) is 0 Å². The average Bonchev–Trinajstić information content (AvgIpc) is 2.61. The van der Waals surface area contributed by atoms with E-state index in [4.69, 9.17) is 38.2 Å². The molecule has 0 aliphatic rings. The lowest BCUT2D eigenvalue weighted by Gasteiger charge is -2.07. The Morgan fingerprint density at radius 2 is 2.10 bits per heavy atom. The normalized spacial score (nSPS) is 12.1. The summed E-state index contributed by atoms with van der Waals surface area (Å²) in [6.07, 6.45) is -0.651. The number of aromatic amines is 1.